The van der Waals surface area contributed by atoms with Crippen LogP contribution in [0.1, 0.15) is 32.8 Å². The summed E-state index contributed by atoms with van der Waals surface area (Å²) in [6.45, 7) is 7.63. The highest BCUT2D eigenvalue weighted by Gasteiger charge is 2.26. The molecule has 28 heavy (non-hydrogen) atoms. The maximum atomic E-state index is 12.3. The Morgan fingerprint density at radius 3 is 2.50 bits per heavy atom. The maximum Gasteiger partial charge on any atom is 0.337 e. The van der Waals surface area contributed by atoms with E-state index in [0.29, 0.717) is 11.3 Å². The van der Waals surface area contributed by atoms with Crippen LogP contribution in [0.5, 0.6) is 0 Å². The lowest BCUT2D eigenvalue weighted by atomic mass is 9.92. The SMILES string of the molecule is CCC(C)(C)C(=O)SCCS(=O)(=O)CCSc1cc(=O)oc2ccc(C)cc12. The number of carbonyl (C=O) groups is 1. The molecule has 0 saturated heterocycles. The van der Waals surface area contributed by atoms with Crippen LogP contribution < -0.4 is 5.63 Å². The summed E-state index contributed by atoms with van der Waals surface area (Å²) < 4.78 is 29.8. The van der Waals surface area contributed by atoms with Crippen LogP contribution in [0.4, 0.5) is 0 Å². The lowest BCUT2D eigenvalue weighted by Crippen LogP contribution is -2.22. The minimum atomic E-state index is -3.27. The van der Waals surface area contributed by atoms with Gasteiger partial charge in [0, 0.05) is 33.3 Å². The van der Waals surface area contributed by atoms with E-state index in [4.69, 9.17) is 4.42 Å². The summed E-state index contributed by atoms with van der Waals surface area (Å²) in [6.07, 6.45) is 0.723. The molecule has 154 valence electrons. The number of sulfone groups is 1. The molecule has 1 aromatic carbocycles. The number of rotatable bonds is 9. The van der Waals surface area contributed by atoms with Crippen molar-refractivity contribution in [3.8, 4) is 0 Å². The molecule has 1 aromatic heterocycles. The Morgan fingerprint density at radius 1 is 1.14 bits per heavy atom. The highest BCUT2D eigenvalue weighted by atomic mass is 32.2. The molecule has 0 fully saturated rings. The van der Waals surface area contributed by atoms with Crippen molar-refractivity contribution >= 4 is 49.4 Å². The summed E-state index contributed by atoms with van der Waals surface area (Å²) in [5.41, 5.74) is 0.650. The van der Waals surface area contributed by atoms with Crippen molar-refractivity contribution in [3.05, 3.63) is 40.2 Å². The zero-order chi connectivity index (χ0) is 20.9. The lowest BCUT2D eigenvalue weighted by Gasteiger charge is -2.19. The summed E-state index contributed by atoms with van der Waals surface area (Å²) in [6, 6.07) is 6.94. The predicted octanol–water partition coefficient (Wildman–Crippen LogP) is 4.30. The van der Waals surface area contributed by atoms with Gasteiger partial charge in [-0.2, -0.15) is 0 Å². The number of aryl methyl sites for hydroxylation is 1. The van der Waals surface area contributed by atoms with E-state index in [1.54, 1.807) is 6.07 Å². The van der Waals surface area contributed by atoms with Gasteiger partial charge >= 0.3 is 5.63 Å². The smallest absolute Gasteiger partial charge is 0.337 e. The second-order valence-electron chi connectivity index (χ2n) is 7.30. The molecule has 0 spiro atoms. The van der Waals surface area contributed by atoms with E-state index in [2.05, 4.69) is 0 Å². The third-order valence-corrected chi connectivity index (χ3v) is 9.03. The van der Waals surface area contributed by atoms with Crippen LogP contribution in [0.25, 0.3) is 11.0 Å². The number of thioether (sulfide) groups is 2. The van der Waals surface area contributed by atoms with Crippen molar-refractivity contribution in [1.29, 1.82) is 0 Å². The fraction of sp³-hybridized carbons (Fsp3) is 0.500. The summed E-state index contributed by atoms with van der Waals surface area (Å²) in [7, 11) is -3.27. The monoisotopic (exact) mass is 442 g/mol. The van der Waals surface area contributed by atoms with Crippen molar-refractivity contribution in [3.63, 3.8) is 0 Å². The second kappa shape index (κ2) is 9.50. The largest absolute Gasteiger partial charge is 0.423 e. The van der Waals surface area contributed by atoms with Crippen LogP contribution in [0, 0.1) is 12.3 Å². The van der Waals surface area contributed by atoms with Gasteiger partial charge in [-0.15, -0.1) is 11.8 Å². The van der Waals surface area contributed by atoms with E-state index < -0.39 is 20.9 Å². The fourth-order valence-corrected chi connectivity index (χ4v) is 6.69. The minimum absolute atomic E-state index is 0.00285. The Kier molecular flexibility index (Phi) is 7.81. The molecular weight excluding hydrogens is 416 g/mol. The second-order valence-corrected chi connectivity index (χ2v) is 11.8. The van der Waals surface area contributed by atoms with Crippen LogP contribution in [-0.2, 0) is 14.6 Å². The van der Waals surface area contributed by atoms with E-state index in [0.717, 1.165) is 34.0 Å². The summed E-state index contributed by atoms with van der Waals surface area (Å²) in [5.74, 6) is 0.581. The molecule has 0 atom stereocenters. The first kappa shape index (κ1) is 23.0. The first-order valence-electron chi connectivity index (χ1n) is 9.09. The zero-order valence-electron chi connectivity index (χ0n) is 16.6. The number of hydrogen-bond donors (Lipinski definition) is 0. The van der Waals surface area contributed by atoms with Gasteiger partial charge in [0.2, 0.25) is 0 Å². The molecular formula is C20H26O5S3. The number of carbonyl (C=O) groups excluding carboxylic acids is 1. The van der Waals surface area contributed by atoms with Gasteiger partial charge in [-0.05, 0) is 25.5 Å². The Hall–Kier alpha value is -1.25. The van der Waals surface area contributed by atoms with Crippen LogP contribution >= 0.6 is 23.5 Å². The quantitative estimate of drug-likeness (QED) is 0.423. The van der Waals surface area contributed by atoms with E-state index >= 15 is 0 Å². The molecule has 0 N–H and O–H groups in total. The maximum absolute atomic E-state index is 12.3. The molecule has 0 aliphatic carbocycles. The topological polar surface area (TPSA) is 81.4 Å². The first-order chi connectivity index (χ1) is 13.0. The molecule has 0 radical (unpaired) electrons. The molecule has 1 heterocycles. The van der Waals surface area contributed by atoms with Gasteiger partial charge in [-0.25, -0.2) is 13.2 Å². The Morgan fingerprint density at radius 2 is 1.82 bits per heavy atom. The molecule has 0 unspecified atom stereocenters. The normalized spacial score (nSPS) is 12.4. The first-order valence-corrected chi connectivity index (χ1v) is 12.9. The van der Waals surface area contributed by atoms with Gasteiger partial charge < -0.3 is 4.42 Å². The van der Waals surface area contributed by atoms with Gasteiger partial charge in [0.1, 0.15) is 5.58 Å². The lowest BCUT2D eigenvalue weighted by molar-refractivity contribution is -0.118. The van der Waals surface area contributed by atoms with Crippen LogP contribution in [-0.4, -0.2) is 36.5 Å². The average molecular weight is 443 g/mol. The van der Waals surface area contributed by atoms with E-state index in [9.17, 15) is 18.0 Å². The molecule has 0 aliphatic rings. The molecule has 0 amide bonds. The zero-order valence-corrected chi connectivity index (χ0v) is 19.1. The molecule has 0 saturated carbocycles. The summed E-state index contributed by atoms with van der Waals surface area (Å²) in [4.78, 5) is 24.5. The van der Waals surface area contributed by atoms with E-state index in [-0.39, 0.29) is 22.4 Å². The third kappa shape index (κ3) is 6.39. The van der Waals surface area contributed by atoms with Crippen LogP contribution in [0.15, 0.2) is 38.4 Å². The molecule has 8 heteroatoms. The van der Waals surface area contributed by atoms with Gasteiger partial charge in [0.25, 0.3) is 0 Å². The Balaban J connectivity index is 1.94. The molecule has 2 aromatic rings. The fourth-order valence-electron chi connectivity index (χ4n) is 2.35. The highest BCUT2D eigenvalue weighted by molar-refractivity contribution is 8.14. The van der Waals surface area contributed by atoms with Crippen molar-refractivity contribution in [2.24, 2.45) is 5.41 Å². The van der Waals surface area contributed by atoms with Gasteiger partial charge in [-0.3, -0.25) is 4.79 Å². The minimum Gasteiger partial charge on any atom is -0.423 e. The average Bonchev–Trinajstić information content (AvgIpc) is 2.61. The van der Waals surface area contributed by atoms with Crippen molar-refractivity contribution in [2.45, 2.75) is 39.0 Å². The summed E-state index contributed by atoms with van der Waals surface area (Å²) in [5, 5.41) is 0.836. The molecule has 0 aliphatic heterocycles. The Labute approximate surface area is 174 Å². The van der Waals surface area contributed by atoms with Crippen molar-refractivity contribution in [2.75, 3.05) is 23.0 Å². The van der Waals surface area contributed by atoms with Crippen molar-refractivity contribution in [1.82, 2.24) is 0 Å². The van der Waals surface area contributed by atoms with E-state index in [1.807, 2.05) is 39.8 Å². The predicted molar refractivity (Wildman–Crippen MR) is 118 cm³/mol. The number of hydrogen-bond acceptors (Lipinski definition) is 7. The molecule has 5 nitrogen and oxygen atoms in total. The third-order valence-electron chi connectivity index (χ3n) is 4.58. The van der Waals surface area contributed by atoms with Gasteiger partial charge in [0.05, 0.1) is 11.5 Å². The van der Waals surface area contributed by atoms with Crippen LogP contribution in [0.3, 0.4) is 0 Å². The van der Waals surface area contributed by atoms with E-state index in [1.165, 1.54) is 17.8 Å². The van der Waals surface area contributed by atoms with Crippen molar-refractivity contribution < 1.29 is 17.6 Å². The Bertz CT molecular complexity index is 1010. The highest BCUT2D eigenvalue weighted by Crippen LogP contribution is 2.29. The van der Waals surface area contributed by atoms with Gasteiger partial charge in [-0.1, -0.05) is 44.2 Å². The molecule has 0 bridgehead atoms. The summed E-state index contributed by atoms with van der Waals surface area (Å²) >= 11 is 2.43. The standard InChI is InChI=1S/C20H26O5S3/c1-5-20(3,4)19(22)27-9-11-28(23,24)10-8-26-17-13-18(21)25-16-7-6-14(2)12-15(16)17/h6-7,12-13H,5,8-11H2,1-4H3. The van der Waals surface area contributed by atoms with Crippen LogP contribution in [0.2, 0.25) is 0 Å². The van der Waals surface area contributed by atoms with Gasteiger partial charge in [0.15, 0.2) is 15.0 Å². The number of fused-ring (bicyclic) bond motifs is 1. The molecule has 2 rings (SSSR count). The number of benzene rings is 1.